The first kappa shape index (κ1) is 18.3. The van der Waals surface area contributed by atoms with E-state index in [1.807, 2.05) is 37.3 Å². The Labute approximate surface area is 163 Å². The molecule has 1 aliphatic rings. The lowest BCUT2D eigenvalue weighted by molar-refractivity contribution is -0.120. The van der Waals surface area contributed by atoms with Gasteiger partial charge in [-0.3, -0.25) is 4.79 Å². The SMILES string of the molecule is CCCc1cc(=O)oc2cc(OCC(=O)N3c4ccccc4C[C@@H]3C)ccc12. The van der Waals surface area contributed by atoms with Crippen LogP contribution in [0.2, 0.25) is 0 Å². The third-order valence-corrected chi connectivity index (χ3v) is 5.16. The van der Waals surface area contributed by atoms with Crippen LogP contribution in [0.1, 0.15) is 31.4 Å². The molecule has 0 aliphatic carbocycles. The van der Waals surface area contributed by atoms with Crippen molar-refractivity contribution in [1.82, 2.24) is 0 Å². The number of ether oxygens (including phenoxy) is 1. The highest BCUT2D eigenvalue weighted by Gasteiger charge is 2.30. The molecule has 4 rings (SSSR count). The molecule has 0 unspecified atom stereocenters. The molecule has 5 nitrogen and oxygen atoms in total. The number of para-hydroxylation sites is 1. The van der Waals surface area contributed by atoms with Gasteiger partial charge in [0.2, 0.25) is 0 Å². The van der Waals surface area contributed by atoms with E-state index in [1.54, 1.807) is 17.0 Å². The molecule has 0 spiro atoms. The molecule has 2 aromatic carbocycles. The van der Waals surface area contributed by atoms with Crippen LogP contribution in [0.5, 0.6) is 5.75 Å². The van der Waals surface area contributed by atoms with E-state index in [9.17, 15) is 9.59 Å². The van der Waals surface area contributed by atoms with E-state index in [-0.39, 0.29) is 24.2 Å². The minimum atomic E-state index is -0.369. The number of benzene rings is 2. The van der Waals surface area contributed by atoms with Gasteiger partial charge in [0, 0.05) is 29.2 Å². The zero-order valence-electron chi connectivity index (χ0n) is 16.1. The molecule has 144 valence electrons. The molecule has 3 aromatic rings. The van der Waals surface area contributed by atoms with Gasteiger partial charge in [-0.25, -0.2) is 4.79 Å². The van der Waals surface area contributed by atoms with Crippen molar-refractivity contribution in [3.05, 3.63) is 70.1 Å². The number of anilines is 1. The zero-order chi connectivity index (χ0) is 19.7. The molecule has 0 saturated carbocycles. The molecule has 1 atom stereocenters. The van der Waals surface area contributed by atoms with Crippen LogP contribution in [0.4, 0.5) is 5.69 Å². The summed E-state index contributed by atoms with van der Waals surface area (Å²) in [6.45, 7) is 4.04. The van der Waals surface area contributed by atoms with Crippen LogP contribution in [0, 0.1) is 0 Å². The lowest BCUT2D eigenvalue weighted by atomic mass is 10.1. The first-order valence-electron chi connectivity index (χ1n) is 9.66. The molecule has 0 fully saturated rings. The largest absolute Gasteiger partial charge is 0.484 e. The Bertz CT molecular complexity index is 1090. The monoisotopic (exact) mass is 377 g/mol. The third-order valence-electron chi connectivity index (χ3n) is 5.16. The van der Waals surface area contributed by atoms with Crippen LogP contribution in [0.25, 0.3) is 11.0 Å². The van der Waals surface area contributed by atoms with Crippen LogP contribution >= 0.6 is 0 Å². The van der Waals surface area contributed by atoms with E-state index in [1.165, 1.54) is 5.56 Å². The van der Waals surface area contributed by atoms with E-state index in [4.69, 9.17) is 9.15 Å². The number of aryl methyl sites for hydroxylation is 1. The summed E-state index contributed by atoms with van der Waals surface area (Å²) in [4.78, 5) is 26.4. The Morgan fingerprint density at radius 2 is 2.04 bits per heavy atom. The molecular formula is C23H23NO4. The quantitative estimate of drug-likeness (QED) is 0.628. The van der Waals surface area contributed by atoms with Gasteiger partial charge in [0.25, 0.3) is 5.91 Å². The number of fused-ring (bicyclic) bond motifs is 2. The summed E-state index contributed by atoms with van der Waals surface area (Å²) in [5.74, 6) is 0.427. The lowest BCUT2D eigenvalue weighted by Crippen LogP contribution is -2.39. The van der Waals surface area contributed by atoms with Gasteiger partial charge < -0.3 is 14.1 Å². The number of rotatable bonds is 5. The number of amides is 1. The molecule has 1 aliphatic heterocycles. The average molecular weight is 377 g/mol. The summed E-state index contributed by atoms with van der Waals surface area (Å²) in [6, 6.07) is 15.0. The fourth-order valence-corrected chi connectivity index (χ4v) is 3.94. The normalized spacial score (nSPS) is 15.6. The molecule has 1 aromatic heterocycles. The Balaban J connectivity index is 1.53. The molecule has 2 heterocycles. The van der Waals surface area contributed by atoms with Gasteiger partial charge >= 0.3 is 5.63 Å². The summed E-state index contributed by atoms with van der Waals surface area (Å²) >= 11 is 0. The van der Waals surface area contributed by atoms with Crippen molar-refractivity contribution in [2.45, 2.75) is 39.2 Å². The Hall–Kier alpha value is -3.08. The van der Waals surface area contributed by atoms with Crippen LogP contribution in [-0.2, 0) is 17.6 Å². The molecule has 28 heavy (non-hydrogen) atoms. The highest BCUT2D eigenvalue weighted by atomic mass is 16.5. The molecule has 0 bridgehead atoms. The van der Waals surface area contributed by atoms with Gasteiger partial charge in [-0.1, -0.05) is 31.5 Å². The number of hydrogen-bond donors (Lipinski definition) is 0. The Kier molecular flexibility index (Phi) is 4.90. The maximum atomic E-state index is 12.8. The van der Waals surface area contributed by atoms with E-state index < -0.39 is 0 Å². The molecular weight excluding hydrogens is 354 g/mol. The highest BCUT2D eigenvalue weighted by molar-refractivity contribution is 5.97. The Morgan fingerprint density at radius 1 is 1.21 bits per heavy atom. The molecule has 1 amide bonds. The van der Waals surface area contributed by atoms with Crippen LogP contribution in [-0.4, -0.2) is 18.6 Å². The van der Waals surface area contributed by atoms with Gasteiger partial charge in [-0.2, -0.15) is 0 Å². The van der Waals surface area contributed by atoms with Gasteiger partial charge in [-0.15, -0.1) is 0 Å². The number of carbonyl (C=O) groups excluding carboxylic acids is 1. The van der Waals surface area contributed by atoms with Gasteiger partial charge in [0.1, 0.15) is 11.3 Å². The van der Waals surface area contributed by atoms with Crippen molar-refractivity contribution in [2.24, 2.45) is 0 Å². The highest BCUT2D eigenvalue weighted by Crippen LogP contribution is 2.32. The van der Waals surface area contributed by atoms with Crippen LogP contribution < -0.4 is 15.3 Å². The smallest absolute Gasteiger partial charge is 0.336 e. The van der Waals surface area contributed by atoms with Crippen molar-refractivity contribution >= 4 is 22.6 Å². The summed E-state index contributed by atoms with van der Waals surface area (Å²) in [5, 5.41) is 0.905. The average Bonchev–Trinajstić information content (AvgIpc) is 3.01. The minimum Gasteiger partial charge on any atom is -0.484 e. The second-order valence-electron chi connectivity index (χ2n) is 7.23. The van der Waals surface area contributed by atoms with Crippen molar-refractivity contribution in [2.75, 3.05) is 11.5 Å². The van der Waals surface area contributed by atoms with Crippen molar-refractivity contribution < 1.29 is 13.9 Å². The van der Waals surface area contributed by atoms with Crippen molar-refractivity contribution in [3.8, 4) is 5.75 Å². The fourth-order valence-electron chi connectivity index (χ4n) is 3.94. The van der Waals surface area contributed by atoms with Crippen molar-refractivity contribution in [3.63, 3.8) is 0 Å². The Morgan fingerprint density at radius 3 is 2.86 bits per heavy atom. The van der Waals surface area contributed by atoms with E-state index in [0.717, 1.165) is 35.9 Å². The van der Waals surface area contributed by atoms with Crippen LogP contribution in [0.15, 0.2) is 57.7 Å². The molecule has 0 N–H and O–H groups in total. The maximum Gasteiger partial charge on any atom is 0.336 e. The van der Waals surface area contributed by atoms with E-state index in [2.05, 4.69) is 13.0 Å². The standard InChI is InChI=1S/C23H23NO4/c1-3-6-16-12-23(26)28-21-13-18(9-10-19(16)21)27-14-22(25)24-15(2)11-17-7-4-5-8-20(17)24/h4-5,7-10,12-13,15H,3,6,11,14H2,1-2H3/t15-/m0/s1. The third kappa shape index (κ3) is 3.40. The lowest BCUT2D eigenvalue weighted by Gasteiger charge is -2.22. The molecule has 0 saturated heterocycles. The van der Waals surface area contributed by atoms with E-state index in [0.29, 0.717) is 11.3 Å². The van der Waals surface area contributed by atoms with Gasteiger partial charge in [-0.05, 0) is 49.1 Å². The zero-order valence-corrected chi connectivity index (χ0v) is 16.1. The first-order chi connectivity index (χ1) is 13.6. The topological polar surface area (TPSA) is 59.8 Å². The summed E-state index contributed by atoms with van der Waals surface area (Å²) in [6.07, 6.45) is 2.61. The van der Waals surface area contributed by atoms with Crippen molar-refractivity contribution in [1.29, 1.82) is 0 Å². The number of hydrogen-bond acceptors (Lipinski definition) is 4. The molecule has 5 heteroatoms. The van der Waals surface area contributed by atoms with Gasteiger partial charge in [0.05, 0.1) is 0 Å². The number of carbonyl (C=O) groups is 1. The predicted molar refractivity (Wildman–Crippen MR) is 109 cm³/mol. The minimum absolute atomic E-state index is 0.0664. The second-order valence-corrected chi connectivity index (χ2v) is 7.23. The molecule has 0 radical (unpaired) electrons. The van der Waals surface area contributed by atoms with Gasteiger partial charge in [0.15, 0.2) is 6.61 Å². The predicted octanol–water partition coefficient (Wildman–Crippen LogP) is 4.10. The van der Waals surface area contributed by atoms with Crippen LogP contribution in [0.3, 0.4) is 0 Å². The summed E-state index contributed by atoms with van der Waals surface area (Å²) < 4.78 is 11.1. The maximum absolute atomic E-state index is 12.8. The summed E-state index contributed by atoms with van der Waals surface area (Å²) in [5.41, 5.74) is 3.22. The summed E-state index contributed by atoms with van der Waals surface area (Å²) in [7, 11) is 0. The second kappa shape index (κ2) is 7.50. The fraction of sp³-hybridized carbons (Fsp3) is 0.304. The number of nitrogens with zero attached hydrogens (tertiary/aromatic N) is 1. The van der Waals surface area contributed by atoms with E-state index >= 15 is 0 Å². The first-order valence-corrected chi connectivity index (χ1v) is 9.66.